The minimum absolute atomic E-state index is 0.0595. The van der Waals surface area contributed by atoms with Gasteiger partial charge in [0.05, 0.1) is 0 Å². The highest BCUT2D eigenvalue weighted by atomic mass is 16.1. The van der Waals surface area contributed by atoms with E-state index in [1.54, 1.807) is 0 Å². The number of pyridine rings is 1. The summed E-state index contributed by atoms with van der Waals surface area (Å²) in [4.78, 5) is 15.4. The first kappa shape index (κ1) is 13.3. The Morgan fingerprint density at radius 1 is 1.05 bits per heavy atom. The largest absolute Gasteiger partial charge is 0.326 e. The fraction of sp³-hybridized carbons (Fsp3) is 0.250. The molecule has 0 aliphatic rings. The van der Waals surface area contributed by atoms with Gasteiger partial charge >= 0.3 is 0 Å². The molecular weight excluding hydrogens is 236 g/mol. The first-order chi connectivity index (χ1) is 9.06. The molecule has 0 aliphatic heterocycles. The topological polar surface area (TPSA) is 42.0 Å². The number of hydrogen-bond acceptors (Lipinski definition) is 2. The van der Waals surface area contributed by atoms with Crippen LogP contribution in [0.25, 0.3) is 11.1 Å². The number of amides is 1. The molecule has 0 saturated heterocycles. The van der Waals surface area contributed by atoms with Gasteiger partial charge in [-0.05, 0) is 29.7 Å². The minimum atomic E-state index is -0.0595. The van der Waals surface area contributed by atoms with E-state index in [9.17, 15) is 4.79 Å². The van der Waals surface area contributed by atoms with Crippen molar-refractivity contribution in [3.05, 3.63) is 48.3 Å². The van der Waals surface area contributed by atoms with Crippen LogP contribution in [0.2, 0.25) is 0 Å². The van der Waals surface area contributed by atoms with Crippen molar-refractivity contribution in [1.82, 2.24) is 4.98 Å². The smallest absolute Gasteiger partial charge is 0.221 e. The number of nitrogens with one attached hydrogen (secondary N) is 1. The summed E-state index contributed by atoms with van der Waals surface area (Å²) in [6, 6.07) is 11.9. The lowest BCUT2D eigenvalue weighted by Crippen LogP contribution is -2.05. The first-order valence-electron chi connectivity index (χ1n) is 6.40. The molecule has 0 bridgehead atoms. The van der Waals surface area contributed by atoms with Crippen molar-refractivity contribution in [1.29, 1.82) is 0 Å². The predicted molar refractivity (Wildman–Crippen MR) is 78.1 cm³/mol. The fourth-order valence-electron chi connectivity index (χ4n) is 1.87. The molecule has 1 amide bonds. The van der Waals surface area contributed by atoms with Crippen molar-refractivity contribution >= 4 is 11.6 Å². The zero-order valence-electron chi connectivity index (χ0n) is 11.5. The molecule has 19 heavy (non-hydrogen) atoms. The summed E-state index contributed by atoms with van der Waals surface area (Å²) in [7, 11) is 0. The number of benzene rings is 1. The van der Waals surface area contributed by atoms with Crippen molar-refractivity contribution in [2.24, 2.45) is 0 Å². The average Bonchev–Trinajstić information content (AvgIpc) is 2.39. The molecule has 2 rings (SSSR count). The van der Waals surface area contributed by atoms with Gasteiger partial charge in [0.2, 0.25) is 5.91 Å². The number of carbonyl (C=O) groups excluding carboxylic acids is 1. The first-order valence-corrected chi connectivity index (χ1v) is 6.40. The summed E-state index contributed by atoms with van der Waals surface area (Å²) in [5.41, 5.74) is 4.08. The van der Waals surface area contributed by atoms with Gasteiger partial charge in [0.25, 0.3) is 0 Å². The van der Waals surface area contributed by atoms with Crippen LogP contribution in [-0.2, 0) is 4.79 Å². The molecule has 1 aromatic carbocycles. The van der Waals surface area contributed by atoms with Crippen LogP contribution in [0.4, 0.5) is 5.69 Å². The van der Waals surface area contributed by atoms with Crippen LogP contribution < -0.4 is 5.32 Å². The summed E-state index contributed by atoms with van der Waals surface area (Å²) in [5.74, 6) is 0.381. The highest BCUT2D eigenvalue weighted by molar-refractivity contribution is 5.88. The van der Waals surface area contributed by atoms with E-state index in [1.165, 1.54) is 6.92 Å². The Kier molecular flexibility index (Phi) is 3.95. The molecule has 98 valence electrons. The van der Waals surface area contributed by atoms with Crippen LogP contribution in [0.3, 0.4) is 0 Å². The summed E-state index contributed by atoms with van der Waals surface area (Å²) in [6.45, 7) is 5.76. The van der Waals surface area contributed by atoms with Crippen LogP contribution in [-0.4, -0.2) is 10.9 Å². The zero-order valence-corrected chi connectivity index (χ0v) is 11.5. The van der Waals surface area contributed by atoms with Gasteiger partial charge < -0.3 is 5.32 Å². The van der Waals surface area contributed by atoms with Gasteiger partial charge in [-0.25, -0.2) is 0 Å². The van der Waals surface area contributed by atoms with E-state index < -0.39 is 0 Å². The Morgan fingerprint density at radius 3 is 2.16 bits per heavy atom. The maximum absolute atomic E-state index is 10.9. The van der Waals surface area contributed by atoms with Crippen molar-refractivity contribution in [2.75, 3.05) is 5.32 Å². The molecule has 0 atom stereocenters. The van der Waals surface area contributed by atoms with E-state index in [4.69, 9.17) is 0 Å². The summed E-state index contributed by atoms with van der Waals surface area (Å²) in [5, 5.41) is 2.75. The maximum Gasteiger partial charge on any atom is 0.221 e. The third kappa shape index (κ3) is 3.41. The van der Waals surface area contributed by atoms with Crippen molar-refractivity contribution < 1.29 is 4.79 Å². The Bertz CT molecular complexity index is 556. The van der Waals surface area contributed by atoms with Crippen molar-refractivity contribution in [3.63, 3.8) is 0 Å². The number of anilines is 1. The van der Waals surface area contributed by atoms with Crippen LogP contribution in [0.15, 0.2) is 42.6 Å². The van der Waals surface area contributed by atoms with E-state index >= 15 is 0 Å². The number of aromatic nitrogens is 1. The molecule has 3 heteroatoms. The van der Waals surface area contributed by atoms with Crippen LogP contribution in [0.5, 0.6) is 0 Å². The van der Waals surface area contributed by atoms with Crippen LogP contribution >= 0.6 is 0 Å². The molecule has 1 heterocycles. The summed E-state index contributed by atoms with van der Waals surface area (Å²) < 4.78 is 0. The zero-order chi connectivity index (χ0) is 13.8. The SMILES string of the molecule is CC(=O)Nc1ccc(-c2ccc(C(C)C)nc2)cc1. The molecule has 0 unspecified atom stereocenters. The Labute approximate surface area is 113 Å². The third-order valence-corrected chi connectivity index (χ3v) is 2.92. The van der Waals surface area contributed by atoms with Crippen molar-refractivity contribution in [2.45, 2.75) is 26.7 Å². The number of carbonyl (C=O) groups is 1. The maximum atomic E-state index is 10.9. The van der Waals surface area contributed by atoms with Crippen molar-refractivity contribution in [3.8, 4) is 11.1 Å². The van der Waals surface area contributed by atoms with Gasteiger partial charge in [-0.3, -0.25) is 9.78 Å². The molecule has 0 spiro atoms. The molecule has 2 aromatic rings. The lowest BCUT2D eigenvalue weighted by atomic mass is 10.0. The lowest BCUT2D eigenvalue weighted by molar-refractivity contribution is -0.114. The van der Waals surface area contributed by atoms with E-state index in [1.807, 2.05) is 30.5 Å². The highest BCUT2D eigenvalue weighted by Gasteiger charge is 2.03. The van der Waals surface area contributed by atoms with Gasteiger partial charge in [-0.2, -0.15) is 0 Å². The fourth-order valence-corrected chi connectivity index (χ4v) is 1.87. The molecule has 1 N–H and O–H groups in total. The van der Waals surface area contributed by atoms with E-state index in [2.05, 4.69) is 36.3 Å². The quantitative estimate of drug-likeness (QED) is 0.904. The predicted octanol–water partition coefficient (Wildman–Crippen LogP) is 3.83. The van der Waals surface area contributed by atoms with Gasteiger partial charge in [0.15, 0.2) is 0 Å². The van der Waals surface area contributed by atoms with E-state index in [0.29, 0.717) is 5.92 Å². The summed E-state index contributed by atoms with van der Waals surface area (Å²) >= 11 is 0. The van der Waals surface area contributed by atoms with Crippen LogP contribution in [0.1, 0.15) is 32.4 Å². The van der Waals surface area contributed by atoms with Gasteiger partial charge in [-0.15, -0.1) is 0 Å². The Balaban J connectivity index is 2.19. The van der Waals surface area contributed by atoms with E-state index in [-0.39, 0.29) is 5.91 Å². The van der Waals surface area contributed by atoms with Gasteiger partial charge in [-0.1, -0.05) is 32.0 Å². The third-order valence-electron chi connectivity index (χ3n) is 2.92. The molecule has 0 saturated carbocycles. The van der Waals surface area contributed by atoms with Gasteiger partial charge in [0, 0.05) is 30.1 Å². The number of nitrogens with zero attached hydrogens (tertiary/aromatic N) is 1. The van der Waals surface area contributed by atoms with Crippen LogP contribution in [0, 0.1) is 0 Å². The molecule has 0 radical (unpaired) electrons. The second kappa shape index (κ2) is 5.65. The number of rotatable bonds is 3. The molecule has 0 aliphatic carbocycles. The normalized spacial score (nSPS) is 10.5. The molecule has 3 nitrogen and oxygen atoms in total. The highest BCUT2D eigenvalue weighted by Crippen LogP contribution is 2.22. The second-order valence-electron chi connectivity index (χ2n) is 4.88. The van der Waals surface area contributed by atoms with E-state index in [0.717, 1.165) is 22.5 Å². The summed E-state index contributed by atoms with van der Waals surface area (Å²) in [6.07, 6.45) is 1.89. The molecule has 0 fully saturated rings. The molecular formula is C16H18N2O. The minimum Gasteiger partial charge on any atom is -0.326 e. The average molecular weight is 254 g/mol. The monoisotopic (exact) mass is 254 g/mol. The van der Waals surface area contributed by atoms with Gasteiger partial charge in [0.1, 0.15) is 0 Å². The second-order valence-corrected chi connectivity index (χ2v) is 4.88. The Hall–Kier alpha value is -2.16. The Morgan fingerprint density at radius 2 is 1.68 bits per heavy atom. The standard InChI is InChI=1S/C16H18N2O/c1-11(2)16-9-6-14(10-17-16)13-4-7-15(8-5-13)18-12(3)19/h4-11H,1-3H3,(H,18,19). The molecule has 1 aromatic heterocycles. The number of hydrogen-bond donors (Lipinski definition) is 1. The lowest BCUT2D eigenvalue weighted by Gasteiger charge is -2.07.